The van der Waals surface area contributed by atoms with Crippen LogP contribution in [0.2, 0.25) is 0 Å². The number of hydrogen-bond donors (Lipinski definition) is 1. The van der Waals surface area contributed by atoms with E-state index in [1.807, 2.05) is 12.3 Å². The van der Waals surface area contributed by atoms with Gasteiger partial charge in [0.25, 0.3) is 5.91 Å². The van der Waals surface area contributed by atoms with Crippen molar-refractivity contribution in [3.63, 3.8) is 0 Å². The number of rotatable bonds is 3. The number of benzene rings is 1. The Bertz CT molecular complexity index is 622. The minimum absolute atomic E-state index is 0.305. The van der Waals surface area contributed by atoms with E-state index in [2.05, 4.69) is 15.0 Å². The van der Waals surface area contributed by atoms with Crippen LogP contribution >= 0.6 is 11.3 Å². The fourth-order valence-corrected chi connectivity index (χ4v) is 2.17. The van der Waals surface area contributed by atoms with E-state index in [1.165, 1.54) is 24.5 Å². The van der Waals surface area contributed by atoms with Crippen molar-refractivity contribution < 1.29 is 14.3 Å². The van der Waals surface area contributed by atoms with Gasteiger partial charge in [0.2, 0.25) is 0 Å². The molecule has 0 saturated heterocycles. The van der Waals surface area contributed by atoms with Crippen LogP contribution in [0.4, 0.5) is 5.13 Å². The Kier molecular flexibility index (Phi) is 3.91. The summed E-state index contributed by atoms with van der Waals surface area (Å²) in [5.41, 5.74) is 1.57. The number of methoxy groups -OCH3 is 1. The number of carbonyl (C=O) groups is 2. The van der Waals surface area contributed by atoms with Crippen LogP contribution in [0.3, 0.4) is 0 Å². The minimum Gasteiger partial charge on any atom is -0.465 e. The number of nitrogens with zero attached hydrogens (tertiary/aromatic N) is 1. The van der Waals surface area contributed by atoms with E-state index < -0.39 is 5.97 Å². The fourth-order valence-electron chi connectivity index (χ4n) is 1.49. The fraction of sp³-hybridized carbons (Fsp3) is 0.154. The number of aryl methyl sites for hydroxylation is 1. The third kappa shape index (κ3) is 3.17. The second-order valence-electron chi connectivity index (χ2n) is 3.82. The molecule has 2 aromatic rings. The molecule has 1 amide bonds. The standard InChI is InChI=1S/C13H12N2O3S/c1-8-7-19-13(14-8)15-11(16)9-4-3-5-10(6-9)12(17)18-2/h3-7H,1-2H3,(H,14,15,16). The Morgan fingerprint density at radius 3 is 2.68 bits per heavy atom. The van der Waals surface area contributed by atoms with Crippen molar-refractivity contribution >= 4 is 28.3 Å². The first kappa shape index (κ1) is 13.2. The summed E-state index contributed by atoms with van der Waals surface area (Å²) in [7, 11) is 1.30. The van der Waals surface area contributed by atoms with E-state index in [9.17, 15) is 9.59 Å². The van der Waals surface area contributed by atoms with Gasteiger partial charge in [0.1, 0.15) is 0 Å². The predicted octanol–water partition coefficient (Wildman–Crippen LogP) is 2.49. The molecule has 0 atom stereocenters. The third-order valence-electron chi connectivity index (χ3n) is 2.39. The summed E-state index contributed by atoms with van der Waals surface area (Å²) in [5, 5.41) is 5.06. The summed E-state index contributed by atoms with van der Waals surface area (Å²) in [6, 6.07) is 6.34. The number of amides is 1. The second kappa shape index (κ2) is 5.62. The van der Waals surface area contributed by atoms with E-state index in [0.717, 1.165) is 5.69 Å². The normalized spacial score (nSPS) is 10.0. The van der Waals surface area contributed by atoms with Gasteiger partial charge in [-0.3, -0.25) is 10.1 Å². The topological polar surface area (TPSA) is 68.3 Å². The zero-order valence-electron chi connectivity index (χ0n) is 10.5. The molecule has 0 saturated carbocycles. The van der Waals surface area contributed by atoms with Crippen LogP contribution in [0.25, 0.3) is 0 Å². The monoisotopic (exact) mass is 276 g/mol. The Morgan fingerprint density at radius 1 is 1.32 bits per heavy atom. The van der Waals surface area contributed by atoms with Gasteiger partial charge in [-0.15, -0.1) is 11.3 Å². The molecule has 0 bridgehead atoms. The molecule has 0 radical (unpaired) electrons. The second-order valence-corrected chi connectivity index (χ2v) is 4.68. The van der Waals surface area contributed by atoms with Gasteiger partial charge in [-0.05, 0) is 25.1 Å². The number of esters is 1. The third-order valence-corrected chi connectivity index (χ3v) is 3.26. The highest BCUT2D eigenvalue weighted by Crippen LogP contribution is 2.16. The van der Waals surface area contributed by atoms with Crippen LogP contribution in [0, 0.1) is 6.92 Å². The lowest BCUT2D eigenvalue weighted by Gasteiger charge is -2.04. The van der Waals surface area contributed by atoms with Crippen LogP contribution in [0.15, 0.2) is 29.6 Å². The van der Waals surface area contributed by atoms with Crippen LogP contribution < -0.4 is 5.32 Å². The molecule has 6 heteroatoms. The maximum Gasteiger partial charge on any atom is 0.337 e. The van der Waals surface area contributed by atoms with Gasteiger partial charge in [0, 0.05) is 10.9 Å². The van der Waals surface area contributed by atoms with E-state index in [4.69, 9.17) is 0 Å². The van der Waals surface area contributed by atoms with E-state index >= 15 is 0 Å². The van der Waals surface area contributed by atoms with Crippen LogP contribution in [0.1, 0.15) is 26.4 Å². The molecule has 0 aliphatic heterocycles. The summed E-state index contributed by atoms with van der Waals surface area (Å²) in [6.07, 6.45) is 0. The van der Waals surface area contributed by atoms with E-state index in [-0.39, 0.29) is 5.91 Å². The number of thiazole rings is 1. The molecule has 2 rings (SSSR count). The Balaban J connectivity index is 2.17. The SMILES string of the molecule is COC(=O)c1cccc(C(=O)Nc2nc(C)cs2)c1. The zero-order chi connectivity index (χ0) is 13.8. The van der Waals surface area contributed by atoms with Gasteiger partial charge >= 0.3 is 5.97 Å². The van der Waals surface area contributed by atoms with Gasteiger partial charge in [-0.2, -0.15) is 0 Å². The average Bonchev–Trinajstić information content (AvgIpc) is 2.83. The van der Waals surface area contributed by atoms with Crippen LogP contribution in [-0.4, -0.2) is 24.0 Å². The summed E-state index contributed by atoms with van der Waals surface area (Å²) >= 11 is 1.35. The van der Waals surface area contributed by atoms with Crippen molar-refractivity contribution in [2.75, 3.05) is 12.4 Å². The molecule has 5 nitrogen and oxygen atoms in total. The van der Waals surface area contributed by atoms with Crippen molar-refractivity contribution in [3.8, 4) is 0 Å². The van der Waals surface area contributed by atoms with Gasteiger partial charge in [0.15, 0.2) is 5.13 Å². The summed E-state index contributed by atoms with van der Waals surface area (Å²) in [5.74, 6) is -0.778. The maximum absolute atomic E-state index is 12.0. The molecule has 1 aromatic carbocycles. The van der Waals surface area contributed by atoms with Crippen LogP contribution in [0.5, 0.6) is 0 Å². The lowest BCUT2D eigenvalue weighted by molar-refractivity contribution is 0.0600. The van der Waals surface area contributed by atoms with Crippen molar-refractivity contribution in [3.05, 3.63) is 46.5 Å². The molecular formula is C13H12N2O3S. The van der Waals surface area contributed by atoms with Gasteiger partial charge in [-0.1, -0.05) is 6.07 Å². The summed E-state index contributed by atoms with van der Waals surface area (Å²) < 4.78 is 4.61. The molecule has 98 valence electrons. The highest BCUT2D eigenvalue weighted by molar-refractivity contribution is 7.13. The predicted molar refractivity (Wildman–Crippen MR) is 72.6 cm³/mol. The molecule has 1 aromatic heterocycles. The largest absolute Gasteiger partial charge is 0.465 e. The number of aromatic nitrogens is 1. The number of nitrogens with one attached hydrogen (secondary N) is 1. The highest BCUT2D eigenvalue weighted by Gasteiger charge is 2.11. The summed E-state index contributed by atoms with van der Waals surface area (Å²) in [6.45, 7) is 1.85. The van der Waals surface area contributed by atoms with Gasteiger partial charge < -0.3 is 4.74 Å². The highest BCUT2D eigenvalue weighted by atomic mass is 32.1. The number of ether oxygens (including phenoxy) is 1. The number of hydrogen-bond acceptors (Lipinski definition) is 5. The lowest BCUT2D eigenvalue weighted by atomic mass is 10.1. The van der Waals surface area contributed by atoms with Gasteiger partial charge in [0.05, 0.1) is 18.4 Å². The smallest absolute Gasteiger partial charge is 0.337 e. The number of carbonyl (C=O) groups excluding carboxylic acids is 2. The van der Waals surface area contributed by atoms with Crippen molar-refractivity contribution in [1.82, 2.24) is 4.98 Å². The first-order chi connectivity index (χ1) is 9.10. The molecule has 1 N–H and O–H groups in total. The quantitative estimate of drug-likeness (QED) is 0.874. The summed E-state index contributed by atoms with van der Waals surface area (Å²) in [4.78, 5) is 27.5. The molecule has 0 unspecified atom stereocenters. The lowest BCUT2D eigenvalue weighted by Crippen LogP contribution is -2.13. The molecule has 0 spiro atoms. The van der Waals surface area contributed by atoms with Crippen molar-refractivity contribution in [1.29, 1.82) is 0 Å². The zero-order valence-corrected chi connectivity index (χ0v) is 11.3. The Labute approximate surface area is 114 Å². The maximum atomic E-state index is 12.0. The number of anilines is 1. The molecule has 0 fully saturated rings. The molecule has 0 aliphatic rings. The average molecular weight is 276 g/mol. The first-order valence-corrected chi connectivity index (χ1v) is 6.40. The first-order valence-electron chi connectivity index (χ1n) is 5.52. The van der Waals surface area contributed by atoms with E-state index in [1.54, 1.807) is 18.2 Å². The molecular weight excluding hydrogens is 264 g/mol. The Hall–Kier alpha value is -2.21. The molecule has 19 heavy (non-hydrogen) atoms. The van der Waals surface area contributed by atoms with Crippen molar-refractivity contribution in [2.45, 2.75) is 6.92 Å². The molecule has 0 aliphatic carbocycles. The van der Waals surface area contributed by atoms with Crippen molar-refractivity contribution in [2.24, 2.45) is 0 Å². The minimum atomic E-state index is -0.472. The van der Waals surface area contributed by atoms with Gasteiger partial charge in [-0.25, -0.2) is 9.78 Å². The van der Waals surface area contributed by atoms with E-state index in [0.29, 0.717) is 16.3 Å². The van der Waals surface area contributed by atoms with Crippen LogP contribution in [-0.2, 0) is 4.74 Å². The molecule has 1 heterocycles. The Morgan fingerprint density at radius 2 is 2.05 bits per heavy atom.